The van der Waals surface area contributed by atoms with Crippen LogP contribution in [-0.4, -0.2) is 30.3 Å². The summed E-state index contributed by atoms with van der Waals surface area (Å²) in [6, 6.07) is -0.439. The van der Waals surface area contributed by atoms with Crippen LogP contribution < -0.4 is 10.6 Å². The fraction of sp³-hybridized carbons (Fsp3) is 0.800. The van der Waals surface area contributed by atoms with E-state index in [0.717, 1.165) is 19.3 Å². The molecule has 1 aliphatic rings. The predicted octanol–water partition coefficient (Wildman–Crippen LogP) is 0.222. The maximum atomic E-state index is 11.5. The number of carbonyl (C=O) groups is 2. The lowest BCUT2D eigenvalue weighted by atomic mass is 10.0. The van der Waals surface area contributed by atoms with Gasteiger partial charge in [0, 0.05) is 6.54 Å². The first-order valence-electron chi connectivity index (χ1n) is 5.19. The number of hydrogen-bond acceptors (Lipinski definition) is 3. The Labute approximate surface area is 84.4 Å². The molecule has 1 aliphatic heterocycles. The zero-order valence-electron chi connectivity index (χ0n) is 8.80. The summed E-state index contributed by atoms with van der Waals surface area (Å²) in [6.45, 7) is 4.16. The van der Waals surface area contributed by atoms with Crippen molar-refractivity contribution in [2.75, 3.05) is 6.54 Å². The van der Waals surface area contributed by atoms with Crippen molar-refractivity contribution < 1.29 is 9.59 Å². The minimum atomic E-state index is -0.333. The van der Waals surface area contributed by atoms with Crippen molar-refractivity contribution >= 4 is 11.7 Å². The minimum absolute atomic E-state index is 0.0137. The number of ketones is 1. The lowest BCUT2D eigenvalue weighted by molar-refractivity contribution is -0.130. The Morgan fingerprint density at radius 3 is 2.79 bits per heavy atom. The van der Waals surface area contributed by atoms with Crippen LogP contribution >= 0.6 is 0 Å². The average Bonchev–Trinajstić information content (AvgIpc) is 2.15. The molecule has 1 unspecified atom stereocenters. The van der Waals surface area contributed by atoms with Crippen LogP contribution in [0.1, 0.15) is 33.1 Å². The largest absolute Gasteiger partial charge is 0.344 e. The molecule has 0 aromatic rings. The van der Waals surface area contributed by atoms with Gasteiger partial charge in [-0.2, -0.15) is 0 Å². The van der Waals surface area contributed by atoms with Crippen LogP contribution in [0.3, 0.4) is 0 Å². The van der Waals surface area contributed by atoms with E-state index >= 15 is 0 Å². The lowest BCUT2D eigenvalue weighted by Crippen LogP contribution is -2.60. The second-order valence-corrected chi connectivity index (χ2v) is 3.77. The predicted molar refractivity (Wildman–Crippen MR) is 53.9 cm³/mol. The third kappa shape index (κ3) is 2.80. The van der Waals surface area contributed by atoms with E-state index in [-0.39, 0.29) is 23.8 Å². The standard InChI is InChI=1S/C10H18N2O2/c1-3-4-5-8-10(14)12-9(6-11-8)7(2)13/h8-9,11H,3-6H2,1-2H3,(H,12,14)/t8-,9?/m1/s1. The molecule has 0 aromatic heterocycles. The Balaban J connectivity index is 2.40. The Morgan fingerprint density at radius 1 is 1.57 bits per heavy atom. The molecular weight excluding hydrogens is 180 g/mol. The van der Waals surface area contributed by atoms with Crippen molar-refractivity contribution in [2.24, 2.45) is 0 Å². The Kier molecular flexibility index (Phi) is 4.07. The first-order valence-corrected chi connectivity index (χ1v) is 5.19. The summed E-state index contributed by atoms with van der Waals surface area (Å²) in [5, 5.41) is 5.83. The third-order valence-corrected chi connectivity index (χ3v) is 2.54. The summed E-state index contributed by atoms with van der Waals surface area (Å²) in [5.41, 5.74) is 0. The van der Waals surface area contributed by atoms with Gasteiger partial charge in [0.05, 0.1) is 12.1 Å². The van der Waals surface area contributed by atoms with E-state index in [1.54, 1.807) is 0 Å². The number of hydrogen-bond donors (Lipinski definition) is 2. The SMILES string of the molecule is CCCC[C@H]1NCC(C(C)=O)NC1=O. The molecule has 14 heavy (non-hydrogen) atoms. The highest BCUT2D eigenvalue weighted by Gasteiger charge is 2.28. The summed E-state index contributed by atoms with van der Waals surface area (Å²) >= 11 is 0. The Morgan fingerprint density at radius 2 is 2.29 bits per heavy atom. The smallest absolute Gasteiger partial charge is 0.237 e. The summed E-state index contributed by atoms with van der Waals surface area (Å²) in [4.78, 5) is 22.5. The van der Waals surface area contributed by atoms with E-state index in [9.17, 15) is 9.59 Å². The maximum absolute atomic E-state index is 11.5. The average molecular weight is 198 g/mol. The summed E-state index contributed by atoms with van der Waals surface area (Å²) in [6.07, 6.45) is 2.98. The number of unbranched alkanes of at least 4 members (excludes halogenated alkanes) is 1. The fourth-order valence-corrected chi connectivity index (χ4v) is 1.56. The molecule has 1 saturated heterocycles. The normalized spacial score (nSPS) is 27.1. The van der Waals surface area contributed by atoms with Crippen molar-refractivity contribution in [3.63, 3.8) is 0 Å². The molecule has 0 aromatic carbocycles. The molecule has 0 aliphatic carbocycles. The lowest BCUT2D eigenvalue weighted by Gasteiger charge is -2.28. The van der Waals surface area contributed by atoms with Crippen molar-refractivity contribution in [3.05, 3.63) is 0 Å². The molecule has 1 amide bonds. The third-order valence-electron chi connectivity index (χ3n) is 2.54. The molecule has 0 bridgehead atoms. The number of rotatable bonds is 4. The molecule has 1 fully saturated rings. The zero-order chi connectivity index (χ0) is 10.6. The van der Waals surface area contributed by atoms with Gasteiger partial charge in [-0.15, -0.1) is 0 Å². The fourth-order valence-electron chi connectivity index (χ4n) is 1.56. The summed E-state index contributed by atoms with van der Waals surface area (Å²) in [7, 11) is 0. The first kappa shape index (κ1) is 11.2. The van der Waals surface area contributed by atoms with Gasteiger partial charge >= 0.3 is 0 Å². The highest BCUT2D eigenvalue weighted by molar-refractivity contribution is 5.91. The number of amides is 1. The molecule has 4 nitrogen and oxygen atoms in total. The van der Waals surface area contributed by atoms with Crippen LogP contribution in [0.25, 0.3) is 0 Å². The molecule has 2 N–H and O–H groups in total. The van der Waals surface area contributed by atoms with Crippen molar-refractivity contribution in [1.29, 1.82) is 0 Å². The van der Waals surface area contributed by atoms with Crippen molar-refractivity contribution in [1.82, 2.24) is 10.6 Å². The highest BCUT2D eigenvalue weighted by atomic mass is 16.2. The van der Waals surface area contributed by atoms with E-state index < -0.39 is 0 Å². The number of Topliss-reactive ketones (excluding diaryl/α,β-unsaturated/α-hetero) is 1. The van der Waals surface area contributed by atoms with Crippen LogP contribution in [0.5, 0.6) is 0 Å². The van der Waals surface area contributed by atoms with Gasteiger partial charge in [0.1, 0.15) is 0 Å². The number of piperazine rings is 1. The van der Waals surface area contributed by atoms with Gasteiger partial charge in [-0.05, 0) is 13.3 Å². The van der Waals surface area contributed by atoms with Gasteiger partial charge in [0.25, 0.3) is 0 Å². The van der Waals surface area contributed by atoms with Crippen LogP contribution in [0.4, 0.5) is 0 Å². The molecule has 0 radical (unpaired) electrons. The Hall–Kier alpha value is -0.900. The molecule has 0 spiro atoms. The van der Waals surface area contributed by atoms with E-state index in [1.807, 2.05) is 0 Å². The molecule has 0 saturated carbocycles. The van der Waals surface area contributed by atoms with Crippen molar-refractivity contribution in [3.8, 4) is 0 Å². The van der Waals surface area contributed by atoms with E-state index in [2.05, 4.69) is 17.6 Å². The van der Waals surface area contributed by atoms with E-state index in [0.29, 0.717) is 6.54 Å². The van der Waals surface area contributed by atoms with E-state index in [1.165, 1.54) is 6.92 Å². The summed E-state index contributed by atoms with van der Waals surface area (Å²) < 4.78 is 0. The highest BCUT2D eigenvalue weighted by Crippen LogP contribution is 2.05. The number of carbonyl (C=O) groups excluding carboxylic acids is 2. The van der Waals surface area contributed by atoms with Crippen LogP contribution in [0, 0.1) is 0 Å². The minimum Gasteiger partial charge on any atom is -0.344 e. The zero-order valence-corrected chi connectivity index (χ0v) is 8.80. The van der Waals surface area contributed by atoms with E-state index in [4.69, 9.17) is 0 Å². The van der Waals surface area contributed by atoms with Crippen molar-refractivity contribution in [2.45, 2.75) is 45.2 Å². The maximum Gasteiger partial charge on any atom is 0.237 e. The van der Waals surface area contributed by atoms with Gasteiger partial charge in [-0.1, -0.05) is 19.8 Å². The van der Waals surface area contributed by atoms with Crippen LogP contribution in [0.15, 0.2) is 0 Å². The first-order chi connectivity index (χ1) is 6.65. The molecule has 4 heteroatoms. The second-order valence-electron chi connectivity index (χ2n) is 3.77. The summed E-state index contributed by atoms with van der Waals surface area (Å²) in [5.74, 6) is -0.0234. The number of nitrogens with one attached hydrogen (secondary N) is 2. The van der Waals surface area contributed by atoms with Gasteiger partial charge in [0.15, 0.2) is 5.78 Å². The molecular formula is C10H18N2O2. The molecule has 80 valence electrons. The quantitative estimate of drug-likeness (QED) is 0.679. The topological polar surface area (TPSA) is 58.2 Å². The van der Waals surface area contributed by atoms with Gasteiger partial charge in [0.2, 0.25) is 5.91 Å². The molecule has 1 heterocycles. The van der Waals surface area contributed by atoms with Gasteiger partial charge in [-0.3, -0.25) is 9.59 Å². The second kappa shape index (κ2) is 5.10. The molecule has 1 rings (SSSR count). The van der Waals surface area contributed by atoms with Crippen LogP contribution in [-0.2, 0) is 9.59 Å². The Bertz CT molecular complexity index is 228. The molecule has 2 atom stereocenters. The van der Waals surface area contributed by atoms with Gasteiger partial charge < -0.3 is 10.6 Å². The monoisotopic (exact) mass is 198 g/mol. The van der Waals surface area contributed by atoms with Gasteiger partial charge in [-0.25, -0.2) is 0 Å². The van der Waals surface area contributed by atoms with Crippen LogP contribution in [0.2, 0.25) is 0 Å².